The lowest BCUT2D eigenvalue weighted by Crippen LogP contribution is -2.42. The van der Waals surface area contributed by atoms with Crippen LogP contribution in [-0.2, 0) is 9.84 Å². The van der Waals surface area contributed by atoms with Crippen LogP contribution in [-0.4, -0.2) is 44.2 Å². The van der Waals surface area contributed by atoms with E-state index in [1.165, 1.54) is 6.26 Å². The molecule has 1 aliphatic carbocycles. The van der Waals surface area contributed by atoms with Crippen molar-refractivity contribution in [3.8, 4) is 0 Å². The highest BCUT2D eigenvalue weighted by Gasteiger charge is 2.35. The van der Waals surface area contributed by atoms with Crippen molar-refractivity contribution < 1.29 is 13.5 Å². The molecule has 1 saturated heterocycles. The van der Waals surface area contributed by atoms with Crippen LogP contribution in [0, 0.1) is 11.8 Å². The quantitative estimate of drug-likeness (QED) is 0.805. The lowest BCUT2D eigenvalue weighted by molar-refractivity contribution is 0.0245. The Morgan fingerprint density at radius 1 is 1.17 bits per heavy atom. The van der Waals surface area contributed by atoms with E-state index in [1.807, 2.05) is 0 Å². The fraction of sp³-hybridized carbons (Fsp3) is 1.00. The molecular formula is C13H25NO3S. The molecule has 4 unspecified atom stereocenters. The van der Waals surface area contributed by atoms with Gasteiger partial charge in [-0.3, -0.25) is 0 Å². The van der Waals surface area contributed by atoms with Crippen LogP contribution in [0.1, 0.15) is 38.5 Å². The molecule has 0 radical (unpaired) electrons. The molecule has 0 amide bonds. The smallest absolute Gasteiger partial charge is 0.150 e. The third kappa shape index (κ3) is 3.45. The molecule has 2 fully saturated rings. The summed E-state index contributed by atoms with van der Waals surface area (Å²) < 4.78 is 23.3. The van der Waals surface area contributed by atoms with Crippen molar-refractivity contribution in [2.75, 3.05) is 19.3 Å². The van der Waals surface area contributed by atoms with Crippen LogP contribution in [0.15, 0.2) is 0 Å². The van der Waals surface area contributed by atoms with E-state index in [9.17, 15) is 13.5 Å². The van der Waals surface area contributed by atoms with E-state index < -0.39 is 9.84 Å². The molecule has 2 rings (SSSR count). The first kappa shape index (κ1) is 14.3. The molecule has 1 aliphatic heterocycles. The topological polar surface area (TPSA) is 66.4 Å². The zero-order valence-electron chi connectivity index (χ0n) is 11.1. The van der Waals surface area contributed by atoms with Crippen LogP contribution >= 0.6 is 0 Å². The Balaban J connectivity index is 1.95. The van der Waals surface area contributed by atoms with Crippen LogP contribution < -0.4 is 5.32 Å². The molecule has 0 bridgehead atoms. The summed E-state index contributed by atoms with van der Waals surface area (Å²) in [5.41, 5.74) is 0. The van der Waals surface area contributed by atoms with Gasteiger partial charge in [-0.2, -0.15) is 0 Å². The Kier molecular flexibility index (Phi) is 4.67. The van der Waals surface area contributed by atoms with Crippen molar-refractivity contribution >= 4 is 9.84 Å². The molecule has 0 spiro atoms. The number of hydrogen-bond acceptors (Lipinski definition) is 4. The molecular weight excluding hydrogens is 250 g/mol. The van der Waals surface area contributed by atoms with E-state index in [0.717, 1.165) is 45.2 Å². The van der Waals surface area contributed by atoms with Gasteiger partial charge < -0.3 is 10.4 Å². The number of sulfone groups is 1. The van der Waals surface area contributed by atoms with Gasteiger partial charge in [-0.25, -0.2) is 8.42 Å². The van der Waals surface area contributed by atoms with Gasteiger partial charge in [0.15, 0.2) is 0 Å². The lowest BCUT2D eigenvalue weighted by atomic mass is 9.78. The van der Waals surface area contributed by atoms with Crippen molar-refractivity contribution in [1.82, 2.24) is 5.32 Å². The number of hydrogen-bond donors (Lipinski definition) is 2. The van der Waals surface area contributed by atoms with Gasteiger partial charge in [0.1, 0.15) is 9.84 Å². The van der Waals surface area contributed by atoms with E-state index in [2.05, 4.69) is 5.32 Å². The predicted molar refractivity (Wildman–Crippen MR) is 72.2 cm³/mol. The molecule has 2 aliphatic rings. The summed E-state index contributed by atoms with van der Waals surface area (Å²) in [5, 5.41) is 13.5. The van der Waals surface area contributed by atoms with E-state index >= 15 is 0 Å². The Morgan fingerprint density at radius 3 is 2.50 bits per heavy atom. The fourth-order valence-electron chi connectivity index (χ4n) is 3.44. The van der Waals surface area contributed by atoms with Crippen LogP contribution in [0.3, 0.4) is 0 Å². The third-order valence-corrected chi connectivity index (χ3v) is 6.21. The minimum absolute atomic E-state index is 0.170. The van der Waals surface area contributed by atoms with Gasteiger partial charge in [0.05, 0.1) is 11.4 Å². The third-order valence-electron chi connectivity index (χ3n) is 4.57. The van der Waals surface area contributed by atoms with Gasteiger partial charge in [-0.1, -0.05) is 6.42 Å². The number of aliphatic hydroxyl groups is 1. The summed E-state index contributed by atoms with van der Waals surface area (Å²) >= 11 is 0. The minimum atomic E-state index is -2.95. The van der Waals surface area contributed by atoms with Crippen molar-refractivity contribution in [3.05, 3.63) is 0 Å². The van der Waals surface area contributed by atoms with Gasteiger partial charge in [-0.05, 0) is 50.5 Å². The Labute approximate surface area is 110 Å². The molecule has 4 atom stereocenters. The zero-order valence-corrected chi connectivity index (χ0v) is 12.0. The Morgan fingerprint density at radius 2 is 1.89 bits per heavy atom. The summed E-state index contributed by atoms with van der Waals surface area (Å²) in [6, 6.07) is 0. The summed E-state index contributed by atoms with van der Waals surface area (Å²) in [4.78, 5) is 0. The summed E-state index contributed by atoms with van der Waals surface area (Å²) in [7, 11) is -2.95. The molecule has 1 saturated carbocycles. The van der Waals surface area contributed by atoms with Gasteiger partial charge in [-0.15, -0.1) is 0 Å². The lowest BCUT2D eigenvalue weighted by Gasteiger charge is -2.36. The van der Waals surface area contributed by atoms with Gasteiger partial charge in [0.25, 0.3) is 0 Å². The summed E-state index contributed by atoms with van der Waals surface area (Å²) in [5.74, 6) is 0.477. The number of piperidine rings is 1. The second kappa shape index (κ2) is 5.88. The second-order valence-corrected chi connectivity index (χ2v) is 8.30. The van der Waals surface area contributed by atoms with E-state index in [0.29, 0.717) is 12.3 Å². The summed E-state index contributed by atoms with van der Waals surface area (Å²) in [6.45, 7) is 1.92. The van der Waals surface area contributed by atoms with Crippen molar-refractivity contribution in [1.29, 1.82) is 0 Å². The average Bonchev–Trinajstić information content (AvgIpc) is 2.38. The molecule has 1 heterocycles. The molecule has 4 nitrogen and oxygen atoms in total. The number of rotatable bonds is 3. The number of aliphatic hydroxyl groups excluding tert-OH is 1. The van der Waals surface area contributed by atoms with Crippen LogP contribution in [0.4, 0.5) is 0 Å². The van der Waals surface area contributed by atoms with Crippen molar-refractivity contribution in [3.63, 3.8) is 0 Å². The van der Waals surface area contributed by atoms with Crippen molar-refractivity contribution in [2.24, 2.45) is 11.8 Å². The Bertz CT molecular complexity index is 362. The van der Waals surface area contributed by atoms with E-state index in [4.69, 9.17) is 0 Å². The normalized spacial score (nSPS) is 36.2. The monoisotopic (exact) mass is 275 g/mol. The SMILES string of the molecule is CS(=O)(=O)C1CCCC(C(O)C2CCCNC2)C1. The minimum Gasteiger partial charge on any atom is -0.393 e. The molecule has 18 heavy (non-hydrogen) atoms. The van der Waals surface area contributed by atoms with E-state index in [-0.39, 0.29) is 17.3 Å². The van der Waals surface area contributed by atoms with E-state index in [1.54, 1.807) is 0 Å². The fourth-order valence-corrected chi connectivity index (χ4v) is 4.63. The molecule has 0 aromatic heterocycles. The number of nitrogens with one attached hydrogen (secondary N) is 1. The molecule has 5 heteroatoms. The first-order valence-electron chi connectivity index (χ1n) is 7.06. The molecule has 2 N–H and O–H groups in total. The maximum Gasteiger partial charge on any atom is 0.150 e. The first-order chi connectivity index (χ1) is 8.48. The highest BCUT2D eigenvalue weighted by Crippen LogP contribution is 2.34. The Hall–Kier alpha value is -0.130. The van der Waals surface area contributed by atoms with Crippen LogP contribution in [0.25, 0.3) is 0 Å². The largest absolute Gasteiger partial charge is 0.393 e. The highest BCUT2D eigenvalue weighted by molar-refractivity contribution is 7.91. The average molecular weight is 275 g/mol. The predicted octanol–water partition coefficient (Wildman–Crippen LogP) is 0.950. The van der Waals surface area contributed by atoms with Gasteiger partial charge in [0.2, 0.25) is 0 Å². The van der Waals surface area contributed by atoms with Gasteiger partial charge >= 0.3 is 0 Å². The van der Waals surface area contributed by atoms with Gasteiger partial charge in [0, 0.05) is 12.8 Å². The van der Waals surface area contributed by atoms with Crippen LogP contribution in [0.5, 0.6) is 0 Å². The maximum atomic E-state index is 11.6. The molecule has 0 aromatic carbocycles. The second-order valence-electron chi connectivity index (χ2n) is 5.98. The van der Waals surface area contributed by atoms with Crippen molar-refractivity contribution in [2.45, 2.75) is 49.9 Å². The first-order valence-corrected chi connectivity index (χ1v) is 9.01. The summed E-state index contributed by atoms with van der Waals surface area (Å²) in [6.07, 6.45) is 6.50. The molecule has 106 valence electrons. The zero-order chi connectivity index (χ0) is 13.2. The maximum absolute atomic E-state index is 11.6. The van der Waals surface area contributed by atoms with Crippen LogP contribution in [0.2, 0.25) is 0 Å². The standard InChI is InChI=1S/C13H25NO3S/c1-18(16,17)12-6-2-4-10(8-12)13(15)11-5-3-7-14-9-11/h10-15H,2-9H2,1H3. The highest BCUT2D eigenvalue weighted by atomic mass is 32.2. The molecule has 0 aromatic rings.